The summed E-state index contributed by atoms with van der Waals surface area (Å²) in [4.78, 5) is 18.2. The molecule has 1 aliphatic rings. The lowest BCUT2D eigenvalue weighted by molar-refractivity contribution is -0.115. The van der Waals surface area contributed by atoms with Crippen molar-refractivity contribution in [2.75, 3.05) is 5.32 Å². The minimum Gasteiger partial charge on any atom is -0.302 e. The maximum absolute atomic E-state index is 12.3. The Labute approximate surface area is 145 Å². The van der Waals surface area contributed by atoms with Crippen LogP contribution in [0.4, 0.5) is 5.13 Å². The van der Waals surface area contributed by atoms with E-state index in [1.807, 2.05) is 25.1 Å². The third-order valence-electron chi connectivity index (χ3n) is 4.42. The van der Waals surface area contributed by atoms with Gasteiger partial charge in [0, 0.05) is 16.9 Å². The molecule has 0 radical (unpaired) electrons. The predicted molar refractivity (Wildman–Crippen MR) is 98.6 cm³/mol. The number of aryl methyl sites for hydroxylation is 2. The molecule has 0 spiro atoms. The molecule has 1 aliphatic carbocycles. The fourth-order valence-electron chi connectivity index (χ4n) is 3.19. The molecular formula is C20H18N2OS. The van der Waals surface area contributed by atoms with E-state index in [4.69, 9.17) is 0 Å². The minimum atomic E-state index is -0.0114. The molecule has 0 atom stereocenters. The van der Waals surface area contributed by atoms with Crippen molar-refractivity contribution in [2.45, 2.75) is 26.7 Å². The molecule has 4 rings (SSSR count). The number of carbonyl (C=O) groups is 1. The van der Waals surface area contributed by atoms with Crippen LogP contribution in [0.5, 0.6) is 0 Å². The van der Waals surface area contributed by atoms with Gasteiger partial charge in [-0.05, 0) is 30.5 Å². The number of fused-ring (bicyclic) bond motifs is 3. The summed E-state index contributed by atoms with van der Waals surface area (Å²) in [5.74, 6) is -0.0114. The van der Waals surface area contributed by atoms with E-state index in [2.05, 4.69) is 41.5 Å². The molecule has 1 aromatic heterocycles. The Morgan fingerprint density at radius 1 is 1.21 bits per heavy atom. The van der Waals surface area contributed by atoms with E-state index < -0.39 is 0 Å². The first kappa shape index (κ1) is 15.1. The third kappa shape index (κ3) is 2.74. The van der Waals surface area contributed by atoms with Crippen LogP contribution in [-0.4, -0.2) is 10.9 Å². The van der Waals surface area contributed by atoms with Gasteiger partial charge in [0.2, 0.25) is 5.91 Å². The van der Waals surface area contributed by atoms with Crippen LogP contribution < -0.4 is 5.32 Å². The molecule has 2 aromatic carbocycles. The number of nitrogens with one attached hydrogen (secondary N) is 1. The van der Waals surface area contributed by atoms with Gasteiger partial charge >= 0.3 is 0 Å². The van der Waals surface area contributed by atoms with Gasteiger partial charge in [0.25, 0.3) is 0 Å². The first-order valence-corrected chi connectivity index (χ1v) is 8.86. The molecule has 0 aliphatic heterocycles. The number of nitrogens with zero attached hydrogens (tertiary/aromatic N) is 1. The van der Waals surface area contributed by atoms with Crippen molar-refractivity contribution in [1.82, 2.24) is 4.98 Å². The zero-order valence-corrected chi connectivity index (χ0v) is 14.5. The summed E-state index contributed by atoms with van der Waals surface area (Å²) >= 11 is 1.58. The smallest absolute Gasteiger partial charge is 0.230 e. The van der Waals surface area contributed by atoms with Gasteiger partial charge in [-0.3, -0.25) is 4.79 Å². The van der Waals surface area contributed by atoms with Crippen LogP contribution in [-0.2, 0) is 17.6 Å². The number of aromatic nitrogens is 1. The first-order chi connectivity index (χ1) is 11.6. The Hall–Kier alpha value is -2.46. The van der Waals surface area contributed by atoms with Crippen LogP contribution in [0.2, 0.25) is 0 Å². The molecule has 120 valence electrons. The number of benzene rings is 2. The molecule has 0 fully saturated rings. The van der Waals surface area contributed by atoms with Gasteiger partial charge in [-0.1, -0.05) is 48.0 Å². The zero-order chi connectivity index (χ0) is 16.7. The lowest BCUT2D eigenvalue weighted by Gasteiger charge is -2.06. The second kappa shape index (κ2) is 5.87. The van der Waals surface area contributed by atoms with Crippen molar-refractivity contribution in [3.63, 3.8) is 0 Å². The molecule has 3 aromatic rings. The highest BCUT2D eigenvalue weighted by molar-refractivity contribution is 7.16. The zero-order valence-electron chi connectivity index (χ0n) is 13.7. The second-order valence-corrected chi connectivity index (χ2v) is 7.36. The molecule has 4 heteroatoms. The monoisotopic (exact) mass is 334 g/mol. The Morgan fingerprint density at radius 3 is 2.88 bits per heavy atom. The van der Waals surface area contributed by atoms with Gasteiger partial charge in [-0.25, -0.2) is 4.98 Å². The molecule has 1 heterocycles. The molecule has 3 nitrogen and oxygen atoms in total. The van der Waals surface area contributed by atoms with Gasteiger partial charge in [0.05, 0.1) is 12.1 Å². The highest BCUT2D eigenvalue weighted by atomic mass is 32.1. The number of hydrogen-bond donors (Lipinski definition) is 1. The third-order valence-corrected chi connectivity index (χ3v) is 5.39. The van der Waals surface area contributed by atoms with Crippen LogP contribution in [0, 0.1) is 13.8 Å². The fourth-order valence-corrected chi connectivity index (χ4v) is 4.21. The van der Waals surface area contributed by atoms with Crippen LogP contribution in [0.3, 0.4) is 0 Å². The summed E-state index contributed by atoms with van der Waals surface area (Å²) in [5.41, 5.74) is 6.97. The Bertz CT molecular complexity index is 943. The van der Waals surface area contributed by atoms with Crippen molar-refractivity contribution >= 4 is 22.4 Å². The largest absolute Gasteiger partial charge is 0.302 e. The van der Waals surface area contributed by atoms with Crippen molar-refractivity contribution in [3.05, 3.63) is 69.6 Å². The number of anilines is 1. The van der Waals surface area contributed by atoms with Crippen LogP contribution >= 0.6 is 11.3 Å². The van der Waals surface area contributed by atoms with Crippen molar-refractivity contribution < 1.29 is 4.79 Å². The molecule has 24 heavy (non-hydrogen) atoms. The number of carbonyl (C=O) groups excluding carboxylic acids is 1. The van der Waals surface area contributed by atoms with Gasteiger partial charge < -0.3 is 5.32 Å². The van der Waals surface area contributed by atoms with E-state index >= 15 is 0 Å². The molecule has 0 saturated carbocycles. The molecule has 0 saturated heterocycles. The fraction of sp³-hybridized carbons (Fsp3) is 0.200. The van der Waals surface area contributed by atoms with Gasteiger partial charge in [0.15, 0.2) is 5.13 Å². The Morgan fingerprint density at radius 2 is 2.04 bits per heavy atom. The van der Waals surface area contributed by atoms with Crippen LogP contribution in [0.25, 0.3) is 11.3 Å². The first-order valence-electron chi connectivity index (χ1n) is 8.04. The van der Waals surface area contributed by atoms with E-state index in [0.717, 1.165) is 23.2 Å². The predicted octanol–water partition coefficient (Wildman–Crippen LogP) is 4.51. The lowest BCUT2D eigenvalue weighted by atomic mass is 10.0. The van der Waals surface area contributed by atoms with Gasteiger partial charge in [0.1, 0.15) is 0 Å². The van der Waals surface area contributed by atoms with Gasteiger partial charge in [-0.15, -0.1) is 11.3 Å². The summed E-state index contributed by atoms with van der Waals surface area (Å²) in [6.45, 7) is 4.11. The summed E-state index contributed by atoms with van der Waals surface area (Å²) in [5, 5.41) is 3.66. The average molecular weight is 334 g/mol. The maximum Gasteiger partial charge on any atom is 0.230 e. The summed E-state index contributed by atoms with van der Waals surface area (Å²) < 4.78 is 0. The molecule has 1 amide bonds. The van der Waals surface area contributed by atoms with Crippen LogP contribution in [0.15, 0.2) is 42.5 Å². The highest BCUT2D eigenvalue weighted by Gasteiger charge is 2.23. The topological polar surface area (TPSA) is 42.0 Å². The molecule has 1 N–H and O–H groups in total. The van der Waals surface area contributed by atoms with E-state index in [-0.39, 0.29) is 5.91 Å². The maximum atomic E-state index is 12.3. The lowest BCUT2D eigenvalue weighted by Crippen LogP contribution is -2.15. The Balaban J connectivity index is 1.50. The quantitative estimate of drug-likeness (QED) is 0.599. The van der Waals surface area contributed by atoms with E-state index in [1.165, 1.54) is 21.6 Å². The van der Waals surface area contributed by atoms with E-state index in [0.29, 0.717) is 11.6 Å². The van der Waals surface area contributed by atoms with Crippen LogP contribution in [0.1, 0.15) is 27.1 Å². The SMILES string of the molecule is Cc1ccc(CC(=O)Nc2nc3c(s2)Cc2ccccc2-3)c(C)c1. The van der Waals surface area contributed by atoms with Gasteiger partial charge in [-0.2, -0.15) is 0 Å². The number of amides is 1. The minimum absolute atomic E-state index is 0.0114. The Kier molecular flexibility index (Phi) is 3.69. The standard InChI is InChI=1S/C20H18N2OS/c1-12-7-8-14(13(2)9-12)11-18(23)21-20-22-19-16-6-4-3-5-15(16)10-17(19)24-20/h3-9H,10-11H2,1-2H3,(H,21,22,23). The van der Waals surface area contributed by atoms with Crippen molar-refractivity contribution in [3.8, 4) is 11.3 Å². The number of thiazole rings is 1. The number of hydrogen-bond acceptors (Lipinski definition) is 3. The normalized spacial score (nSPS) is 11.9. The summed E-state index contributed by atoms with van der Waals surface area (Å²) in [6.07, 6.45) is 1.29. The van der Waals surface area contributed by atoms with E-state index in [9.17, 15) is 4.79 Å². The molecule has 0 bridgehead atoms. The molecule has 0 unspecified atom stereocenters. The highest BCUT2D eigenvalue weighted by Crippen LogP contribution is 2.40. The average Bonchev–Trinajstić information content (AvgIpc) is 3.07. The second-order valence-electron chi connectivity index (χ2n) is 6.28. The molecular weight excluding hydrogens is 316 g/mol. The van der Waals surface area contributed by atoms with E-state index in [1.54, 1.807) is 11.3 Å². The van der Waals surface area contributed by atoms with Crippen molar-refractivity contribution in [2.24, 2.45) is 0 Å². The summed E-state index contributed by atoms with van der Waals surface area (Å²) in [7, 11) is 0. The summed E-state index contributed by atoms with van der Waals surface area (Å²) in [6, 6.07) is 14.5. The number of rotatable bonds is 3. The van der Waals surface area contributed by atoms with Crippen molar-refractivity contribution in [1.29, 1.82) is 0 Å².